The molecule has 4 heteroatoms. The van der Waals surface area contributed by atoms with Gasteiger partial charge in [-0.2, -0.15) is 0 Å². The molecule has 1 unspecified atom stereocenters. The van der Waals surface area contributed by atoms with Crippen LogP contribution in [0.4, 0.5) is 0 Å². The smallest absolute Gasteiger partial charge is 0.305 e. The lowest BCUT2D eigenvalue weighted by atomic mass is 10.1. The van der Waals surface area contributed by atoms with Gasteiger partial charge in [-0.3, -0.25) is 9.59 Å². The van der Waals surface area contributed by atoms with Crippen molar-refractivity contribution in [3.63, 3.8) is 0 Å². The molecule has 1 atom stereocenters. The topological polar surface area (TPSA) is 52.6 Å². The van der Waals surface area contributed by atoms with E-state index in [0.717, 1.165) is 25.7 Å². The molecule has 0 aliphatic heterocycles. The van der Waals surface area contributed by atoms with Gasteiger partial charge in [0.1, 0.15) is 6.10 Å². The van der Waals surface area contributed by atoms with E-state index >= 15 is 0 Å². The zero-order chi connectivity index (χ0) is 12.4. The van der Waals surface area contributed by atoms with Crippen LogP contribution in [0.15, 0.2) is 0 Å². The summed E-state index contributed by atoms with van der Waals surface area (Å²) in [5, 5.41) is 0. The van der Waals surface area contributed by atoms with Crippen LogP contribution in [0.2, 0.25) is 0 Å². The van der Waals surface area contributed by atoms with Crippen molar-refractivity contribution in [2.24, 2.45) is 0 Å². The minimum Gasteiger partial charge on any atom is -0.466 e. The highest BCUT2D eigenvalue weighted by Crippen LogP contribution is 2.10. The molecule has 0 saturated heterocycles. The van der Waals surface area contributed by atoms with Gasteiger partial charge in [-0.25, -0.2) is 0 Å². The van der Waals surface area contributed by atoms with Crippen LogP contribution < -0.4 is 0 Å². The van der Waals surface area contributed by atoms with Crippen molar-refractivity contribution in [3.8, 4) is 0 Å². The number of hydrogen-bond acceptors (Lipinski definition) is 4. The van der Waals surface area contributed by atoms with E-state index in [0.29, 0.717) is 13.0 Å². The Kier molecular flexibility index (Phi) is 8.58. The van der Waals surface area contributed by atoms with Gasteiger partial charge in [-0.05, 0) is 19.3 Å². The second-order valence-electron chi connectivity index (χ2n) is 3.74. The molecule has 0 saturated carbocycles. The highest BCUT2D eigenvalue weighted by molar-refractivity contribution is 5.68. The van der Waals surface area contributed by atoms with E-state index in [1.807, 2.05) is 6.92 Å². The van der Waals surface area contributed by atoms with Crippen molar-refractivity contribution in [2.45, 2.75) is 59.0 Å². The lowest BCUT2D eigenvalue weighted by molar-refractivity contribution is -0.148. The summed E-state index contributed by atoms with van der Waals surface area (Å²) in [6, 6.07) is 0. The van der Waals surface area contributed by atoms with Gasteiger partial charge >= 0.3 is 11.9 Å². The summed E-state index contributed by atoms with van der Waals surface area (Å²) in [6.45, 7) is 5.64. The van der Waals surface area contributed by atoms with E-state index < -0.39 is 0 Å². The Labute approximate surface area is 97.3 Å². The average molecular weight is 230 g/mol. The third-order valence-corrected chi connectivity index (χ3v) is 2.17. The van der Waals surface area contributed by atoms with Crippen LogP contribution in [0.5, 0.6) is 0 Å². The van der Waals surface area contributed by atoms with E-state index in [1.165, 1.54) is 6.92 Å². The van der Waals surface area contributed by atoms with Crippen molar-refractivity contribution in [1.29, 1.82) is 0 Å². The summed E-state index contributed by atoms with van der Waals surface area (Å²) in [5.41, 5.74) is 0. The lowest BCUT2D eigenvalue weighted by Gasteiger charge is -2.15. The van der Waals surface area contributed by atoms with Crippen molar-refractivity contribution < 1.29 is 19.1 Å². The zero-order valence-electron chi connectivity index (χ0n) is 10.5. The average Bonchev–Trinajstić information content (AvgIpc) is 2.23. The molecule has 0 aromatic carbocycles. The second kappa shape index (κ2) is 9.19. The molecule has 4 nitrogen and oxygen atoms in total. The van der Waals surface area contributed by atoms with Crippen LogP contribution in [0.1, 0.15) is 52.9 Å². The zero-order valence-corrected chi connectivity index (χ0v) is 10.5. The van der Waals surface area contributed by atoms with Crippen molar-refractivity contribution in [1.82, 2.24) is 0 Å². The number of carbonyl (C=O) groups excluding carboxylic acids is 2. The Morgan fingerprint density at radius 1 is 1.19 bits per heavy atom. The van der Waals surface area contributed by atoms with Crippen LogP contribution in [-0.2, 0) is 19.1 Å². The van der Waals surface area contributed by atoms with Crippen molar-refractivity contribution in [2.75, 3.05) is 6.61 Å². The maximum atomic E-state index is 10.9. The molecule has 0 radical (unpaired) electrons. The molecule has 94 valence electrons. The summed E-state index contributed by atoms with van der Waals surface area (Å²) in [6.07, 6.45) is 3.70. The van der Waals surface area contributed by atoms with Crippen molar-refractivity contribution in [3.05, 3.63) is 0 Å². The van der Waals surface area contributed by atoms with Gasteiger partial charge in [-0.1, -0.05) is 20.3 Å². The van der Waals surface area contributed by atoms with E-state index in [1.54, 1.807) is 6.92 Å². The number of ether oxygens (including phenoxy) is 2. The number of esters is 2. The first-order chi connectivity index (χ1) is 7.60. The minimum atomic E-state index is -0.246. The fourth-order valence-corrected chi connectivity index (χ4v) is 1.42. The molecule has 0 spiro atoms. The Morgan fingerprint density at radius 2 is 1.88 bits per heavy atom. The third kappa shape index (κ3) is 8.26. The first kappa shape index (κ1) is 14.9. The summed E-state index contributed by atoms with van der Waals surface area (Å²) in [5.74, 6) is -0.427. The molecule has 0 aliphatic rings. The summed E-state index contributed by atoms with van der Waals surface area (Å²) in [7, 11) is 0. The number of rotatable bonds is 8. The van der Waals surface area contributed by atoms with E-state index in [2.05, 4.69) is 0 Å². The first-order valence-electron chi connectivity index (χ1n) is 5.93. The SMILES string of the molecule is CCCC(CCCOC(=O)CC)OC(C)=O. The van der Waals surface area contributed by atoms with E-state index in [4.69, 9.17) is 9.47 Å². The molecule has 0 aromatic heterocycles. The molecule has 0 aliphatic carbocycles. The van der Waals surface area contributed by atoms with E-state index in [-0.39, 0.29) is 18.0 Å². The third-order valence-electron chi connectivity index (χ3n) is 2.17. The molecule has 0 N–H and O–H groups in total. The predicted molar refractivity (Wildman–Crippen MR) is 60.9 cm³/mol. The Balaban J connectivity index is 3.67. The first-order valence-corrected chi connectivity index (χ1v) is 5.93. The van der Waals surface area contributed by atoms with E-state index in [9.17, 15) is 9.59 Å². The maximum absolute atomic E-state index is 10.9. The van der Waals surface area contributed by atoms with Gasteiger partial charge in [0.25, 0.3) is 0 Å². The molecule has 16 heavy (non-hydrogen) atoms. The van der Waals surface area contributed by atoms with Gasteiger partial charge < -0.3 is 9.47 Å². The molecule has 0 heterocycles. The highest BCUT2D eigenvalue weighted by atomic mass is 16.5. The summed E-state index contributed by atoms with van der Waals surface area (Å²) in [4.78, 5) is 21.7. The minimum absolute atomic E-state index is 0.0390. The van der Waals surface area contributed by atoms with Crippen LogP contribution in [0.3, 0.4) is 0 Å². The lowest BCUT2D eigenvalue weighted by Crippen LogP contribution is -2.17. The number of hydrogen-bond donors (Lipinski definition) is 0. The molecule has 0 amide bonds. The maximum Gasteiger partial charge on any atom is 0.305 e. The van der Waals surface area contributed by atoms with Gasteiger partial charge in [-0.15, -0.1) is 0 Å². The Hall–Kier alpha value is -1.06. The second-order valence-corrected chi connectivity index (χ2v) is 3.74. The highest BCUT2D eigenvalue weighted by Gasteiger charge is 2.10. The van der Waals surface area contributed by atoms with Crippen LogP contribution >= 0.6 is 0 Å². The normalized spacial score (nSPS) is 11.9. The fourth-order valence-electron chi connectivity index (χ4n) is 1.42. The van der Waals surface area contributed by atoms with Crippen LogP contribution in [0, 0.1) is 0 Å². The quantitative estimate of drug-likeness (QED) is 0.475. The van der Waals surface area contributed by atoms with Crippen LogP contribution in [0.25, 0.3) is 0 Å². The largest absolute Gasteiger partial charge is 0.466 e. The van der Waals surface area contributed by atoms with Gasteiger partial charge in [0.05, 0.1) is 6.61 Å². The summed E-state index contributed by atoms with van der Waals surface area (Å²) >= 11 is 0. The standard InChI is InChI=1S/C12H22O4/c1-4-7-11(16-10(3)13)8-6-9-15-12(14)5-2/h11H,4-9H2,1-3H3. The van der Waals surface area contributed by atoms with Gasteiger partial charge in [0, 0.05) is 13.3 Å². The van der Waals surface area contributed by atoms with Gasteiger partial charge in [0.15, 0.2) is 0 Å². The number of carbonyl (C=O) groups is 2. The molecule has 0 bridgehead atoms. The Morgan fingerprint density at radius 3 is 2.38 bits per heavy atom. The molecule has 0 rings (SSSR count). The molecule has 0 aromatic rings. The molecular formula is C12H22O4. The fraction of sp³-hybridized carbons (Fsp3) is 0.833. The van der Waals surface area contributed by atoms with Gasteiger partial charge in [0.2, 0.25) is 0 Å². The monoisotopic (exact) mass is 230 g/mol. The predicted octanol–water partition coefficient (Wildman–Crippen LogP) is 2.45. The molecular weight excluding hydrogens is 208 g/mol. The Bertz CT molecular complexity index is 213. The van der Waals surface area contributed by atoms with Crippen LogP contribution in [-0.4, -0.2) is 24.6 Å². The summed E-state index contributed by atoms with van der Waals surface area (Å²) < 4.78 is 10.1. The molecule has 0 fully saturated rings. The van der Waals surface area contributed by atoms with Crippen molar-refractivity contribution >= 4 is 11.9 Å².